The second-order valence-corrected chi connectivity index (χ2v) is 6.35. The molecule has 0 atom stereocenters. The number of nitrogens with zero attached hydrogens (tertiary/aromatic N) is 1. The summed E-state index contributed by atoms with van der Waals surface area (Å²) < 4.78 is 0. The van der Waals surface area contributed by atoms with Crippen LogP contribution in [0.25, 0.3) is 0 Å². The van der Waals surface area contributed by atoms with Gasteiger partial charge in [0.05, 0.1) is 0 Å². The van der Waals surface area contributed by atoms with E-state index in [0.29, 0.717) is 10.8 Å². The second-order valence-electron chi connectivity index (χ2n) is 6.35. The third-order valence-corrected chi connectivity index (χ3v) is 3.10. The fourth-order valence-electron chi connectivity index (χ4n) is 2.72. The van der Waals surface area contributed by atoms with Crippen molar-refractivity contribution in [2.75, 3.05) is 20.1 Å². The van der Waals surface area contributed by atoms with Gasteiger partial charge in [0.15, 0.2) is 0 Å². The van der Waals surface area contributed by atoms with E-state index in [1.807, 2.05) is 0 Å². The van der Waals surface area contributed by atoms with Crippen molar-refractivity contribution < 1.29 is 0 Å². The van der Waals surface area contributed by atoms with Gasteiger partial charge < -0.3 is 4.90 Å². The molecule has 0 bridgehead atoms. The third kappa shape index (κ3) is 3.68. The minimum atomic E-state index is 0.519. The summed E-state index contributed by atoms with van der Waals surface area (Å²) in [5.74, 6) is 0. The van der Waals surface area contributed by atoms with E-state index in [1.165, 1.54) is 32.4 Å². The van der Waals surface area contributed by atoms with E-state index in [1.54, 1.807) is 0 Å². The Balaban J connectivity index is 2.59. The smallest absolute Gasteiger partial charge is 0.00299 e. The quantitative estimate of drug-likeness (QED) is 0.557. The molecule has 1 aliphatic rings. The topological polar surface area (TPSA) is 3.24 Å². The van der Waals surface area contributed by atoms with Crippen LogP contribution in [-0.2, 0) is 0 Å². The number of likely N-dealkylation sites (tertiary alicyclic amines) is 1. The minimum Gasteiger partial charge on any atom is -0.305 e. The molecule has 1 heteroatoms. The summed E-state index contributed by atoms with van der Waals surface area (Å²) >= 11 is 0. The van der Waals surface area contributed by atoms with Gasteiger partial charge in [-0.25, -0.2) is 0 Å². The Bertz CT molecular complexity index is 152. The highest BCUT2D eigenvalue weighted by Crippen LogP contribution is 2.33. The van der Waals surface area contributed by atoms with Gasteiger partial charge in [0.1, 0.15) is 0 Å². The maximum Gasteiger partial charge on any atom is 0.00299 e. The average molecular weight is 183 g/mol. The second kappa shape index (κ2) is 3.61. The zero-order chi connectivity index (χ0) is 10.1. The van der Waals surface area contributed by atoms with Crippen LogP contribution < -0.4 is 0 Å². The molecule has 0 saturated carbocycles. The maximum absolute atomic E-state index is 2.50. The zero-order valence-electron chi connectivity index (χ0n) is 9.98. The predicted octanol–water partition coefficient (Wildman–Crippen LogP) is 3.15. The monoisotopic (exact) mass is 183 g/mol. The lowest BCUT2D eigenvalue weighted by Gasteiger charge is -2.39. The van der Waals surface area contributed by atoms with Crippen LogP contribution in [0.4, 0.5) is 0 Å². The van der Waals surface area contributed by atoms with Crippen LogP contribution in [0.2, 0.25) is 0 Å². The van der Waals surface area contributed by atoms with Gasteiger partial charge in [0.2, 0.25) is 0 Å². The first-order valence-electron chi connectivity index (χ1n) is 5.49. The molecule has 1 aliphatic heterocycles. The highest BCUT2D eigenvalue weighted by atomic mass is 15.1. The Morgan fingerprint density at radius 3 is 1.62 bits per heavy atom. The Kier molecular flexibility index (Phi) is 3.06. The highest BCUT2D eigenvalue weighted by molar-refractivity contribution is 4.81. The fraction of sp³-hybridized carbons (Fsp3) is 1.00. The Hall–Kier alpha value is -0.0400. The SMILES string of the molecule is CN1CC(C)(C)CCCC(C)(C)C1. The molecule has 0 spiro atoms. The summed E-state index contributed by atoms with van der Waals surface area (Å²) in [6.45, 7) is 12.1. The summed E-state index contributed by atoms with van der Waals surface area (Å²) in [5.41, 5.74) is 1.04. The molecule has 0 aromatic heterocycles. The van der Waals surface area contributed by atoms with Crippen LogP contribution in [0, 0.1) is 10.8 Å². The van der Waals surface area contributed by atoms with E-state index in [-0.39, 0.29) is 0 Å². The van der Waals surface area contributed by atoms with Crippen LogP contribution >= 0.6 is 0 Å². The summed E-state index contributed by atoms with van der Waals surface area (Å²) in [5, 5.41) is 0. The van der Waals surface area contributed by atoms with E-state index in [2.05, 4.69) is 39.6 Å². The van der Waals surface area contributed by atoms with Gasteiger partial charge in [-0.1, -0.05) is 34.1 Å². The average Bonchev–Trinajstić information content (AvgIpc) is 1.79. The van der Waals surface area contributed by atoms with Gasteiger partial charge in [0, 0.05) is 13.1 Å². The molecule has 0 aliphatic carbocycles. The molecular formula is C12H25N. The van der Waals surface area contributed by atoms with Crippen molar-refractivity contribution in [1.29, 1.82) is 0 Å². The van der Waals surface area contributed by atoms with Crippen molar-refractivity contribution in [3.05, 3.63) is 0 Å². The lowest BCUT2D eigenvalue weighted by atomic mass is 9.78. The van der Waals surface area contributed by atoms with Crippen molar-refractivity contribution in [3.63, 3.8) is 0 Å². The van der Waals surface area contributed by atoms with Crippen LogP contribution in [-0.4, -0.2) is 25.0 Å². The van der Waals surface area contributed by atoms with E-state index >= 15 is 0 Å². The molecule has 0 amide bonds. The molecule has 0 aromatic rings. The highest BCUT2D eigenvalue weighted by Gasteiger charge is 2.28. The summed E-state index contributed by atoms with van der Waals surface area (Å²) in [6.07, 6.45) is 4.15. The molecule has 0 N–H and O–H groups in total. The number of rotatable bonds is 0. The molecule has 1 saturated heterocycles. The molecule has 78 valence electrons. The van der Waals surface area contributed by atoms with Crippen LogP contribution in [0.15, 0.2) is 0 Å². The van der Waals surface area contributed by atoms with Crippen LogP contribution in [0.1, 0.15) is 47.0 Å². The lowest BCUT2D eigenvalue weighted by molar-refractivity contribution is 0.107. The molecular weight excluding hydrogens is 158 g/mol. The number of hydrogen-bond acceptors (Lipinski definition) is 1. The van der Waals surface area contributed by atoms with Gasteiger partial charge in [-0.2, -0.15) is 0 Å². The first-order chi connectivity index (χ1) is 5.81. The molecule has 1 heterocycles. The molecule has 1 rings (SSSR count). The van der Waals surface area contributed by atoms with Gasteiger partial charge >= 0.3 is 0 Å². The summed E-state index contributed by atoms with van der Waals surface area (Å²) in [7, 11) is 2.26. The van der Waals surface area contributed by atoms with Gasteiger partial charge in [0.25, 0.3) is 0 Å². The Morgan fingerprint density at radius 1 is 0.846 bits per heavy atom. The fourth-order valence-corrected chi connectivity index (χ4v) is 2.72. The Morgan fingerprint density at radius 2 is 1.23 bits per heavy atom. The zero-order valence-corrected chi connectivity index (χ0v) is 9.98. The summed E-state index contributed by atoms with van der Waals surface area (Å²) in [4.78, 5) is 2.50. The van der Waals surface area contributed by atoms with Crippen molar-refractivity contribution in [3.8, 4) is 0 Å². The number of hydrogen-bond donors (Lipinski definition) is 0. The maximum atomic E-state index is 2.50. The van der Waals surface area contributed by atoms with E-state index in [9.17, 15) is 0 Å². The molecule has 0 radical (unpaired) electrons. The normalized spacial score (nSPS) is 29.3. The van der Waals surface area contributed by atoms with Crippen molar-refractivity contribution in [2.24, 2.45) is 10.8 Å². The van der Waals surface area contributed by atoms with E-state index in [4.69, 9.17) is 0 Å². The van der Waals surface area contributed by atoms with Crippen LogP contribution in [0.3, 0.4) is 0 Å². The van der Waals surface area contributed by atoms with Gasteiger partial charge in [-0.15, -0.1) is 0 Å². The predicted molar refractivity (Wildman–Crippen MR) is 58.9 cm³/mol. The minimum absolute atomic E-state index is 0.519. The molecule has 1 fully saturated rings. The van der Waals surface area contributed by atoms with Crippen molar-refractivity contribution >= 4 is 0 Å². The first kappa shape index (κ1) is 11.0. The third-order valence-electron chi connectivity index (χ3n) is 3.10. The van der Waals surface area contributed by atoms with E-state index < -0.39 is 0 Å². The molecule has 13 heavy (non-hydrogen) atoms. The summed E-state index contributed by atoms with van der Waals surface area (Å²) in [6, 6.07) is 0. The first-order valence-corrected chi connectivity index (χ1v) is 5.49. The van der Waals surface area contributed by atoms with Gasteiger partial charge in [-0.05, 0) is 30.7 Å². The standard InChI is InChI=1S/C12H25N/c1-11(2)7-6-8-12(3,4)10-13(5)9-11/h6-10H2,1-5H3. The van der Waals surface area contributed by atoms with Gasteiger partial charge in [-0.3, -0.25) is 0 Å². The molecule has 0 unspecified atom stereocenters. The lowest BCUT2D eigenvalue weighted by Crippen LogP contribution is -2.40. The molecule has 0 aromatic carbocycles. The Labute approximate surface area is 83.5 Å². The van der Waals surface area contributed by atoms with Crippen molar-refractivity contribution in [1.82, 2.24) is 4.90 Å². The largest absolute Gasteiger partial charge is 0.305 e. The van der Waals surface area contributed by atoms with Crippen LogP contribution in [0.5, 0.6) is 0 Å². The van der Waals surface area contributed by atoms with Crippen molar-refractivity contribution in [2.45, 2.75) is 47.0 Å². The van der Waals surface area contributed by atoms with E-state index in [0.717, 1.165) is 0 Å². The molecule has 1 nitrogen and oxygen atoms in total.